The topological polar surface area (TPSA) is 57.6 Å². The second-order valence-corrected chi connectivity index (χ2v) is 7.14. The molecule has 98 valence electrons. The number of amides is 1. The molecule has 1 fully saturated rings. The van der Waals surface area contributed by atoms with Crippen LogP contribution >= 0.6 is 43.2 Å². The van der Waals surface area contributed by atoms with E-state index >= 15 is 0 Å². The van der Waals surface area contributed by atoms with Gasteiger partial charge in [-0.2, -0.15) is 0 Å². The Morgan fingerprint density at radius 2 is 2.11 bits per heavy atom. The van der Waals surface area contributed by atoms with Crippen molar-refractivity contribution in [3.63, 3.8) is 0 Å². The van der Waals surface area contributed by atoms with Gasteiger partial charge in [0.15, 0.2) is 0 Å². The minimum Gasteiger partial charge on any atom is -0.480 e. The van der Waals surface area contributed by atoms with Gasteiger partial charge in [-0.05, 0) is 51.1 Å². The third-order valence-corrected chi connectivity index (χ3v) is 6.34. The Hall–Kier alpha value is -0.400. The molecule has 0 unspecified atom stereocenters. The van der Waals surface area contributed by atoms with Crippen LogP contribution in [0.5, 0.6) is 0 Å². The van der Waals surface area contributed by atoms with Crippen molar-refractivity contribution in [3.8, 4) is 0 Å². The van der Waals surface area contributed by atoms with Gasteiger partial charge in [-0.15, -0.1) is 11.3 Å². The average molecular weight is 397 g/mol. The highest BCUT2D eigenvalue weighted by atomic mass is 79.9. The lowest BCUT2D eigenvalue weighted by Crippen LogP contribution is -2.46. The molecule has 0 aromatic carbocycles. The first-order valence-electron chi connectivity index (χ1n) is 5.46. The monoisotopic (exact) mass is 395 g/mol. The molecule has 1 amide bonds. The van der Waals surface area contributed by atoms with E-state index in [0.29, 0.717) is 10.0 Å². The van der Waals surface area contributed by atoms with Gasteiger partial charge in [0.2, 0.25) is 0 Å². The molecule has 7 heteroatoms. The quantitative estimate of drug-likeness (QED) is 0.848. The largest absolute Gasteiger partial charge is 0.480 e. The van der Waals surface area contributed by atoms with E-state index in [-0.39, 0.29) is 18.5 Å². The zero-order chi connectivity index (χ0) is 13.3. The maximum Gasteiger partial charge on any atom is 0.323 e. The lowest BCUT2D eigenvalue weighted by molar-refractivity contribution is -0.138. The Morgan fingerprint density at radius 3 is 2.50 bits per heavy atom. The van der Waals surface area contributed by atoms with Gasteiger partial charge in [0, 0.05) is 11.4 Å². The first-order valence-corrected chi connectivity index (χ1v) is 7.92. The molecular weight excluding hydrogens is 386 g/mol. The van der Waals surface area contributed by atoms with Crippen LogP contribution in [0.4, 0.5) is 0 Å². The van der Waals surface area contributed by atoms with E-state index in [2.05, 4.69) is 31.9 Å². The molecule has 0 saturated heterocycles. The van der Waals surface area contributed by atoms with Crippen molar-refractivity contribution in [2.24, 2.45) is 0 Å². The van der Waals surface area contributed by atoms with E-state index in [1.807, 2.05) is 0 Å². The smallest absolute Gasteiger partial charge is 0.323 e. The fourth-order valence-corrected chi connectivity index (χ4v) is 3.69. The van der Waals surface area contributed by atoms with Gasteiger partial charge < -0.3 is 10.0 Å². The number of carboxylic acids is 1. The fourth-order valence-electron chi connectivity index (χ4n) is 1.83. The van der Waals surface area contributed by atoms with Crippen molar-refractivity contribution < 1.29 is 14.7 Å². The number of carbonyl (C=O) groups excluding carboxylic acids is 1. The highest BCUT2D eigenvalue weighted by molar-refractivity contribution is 9.13. The van der Waals surface area contributed by atoms with Crippen LogP contribution in [0.2, 0.25) is 0 Å². The summed E-state index contributed by atoms with van der Waals surface area (Å²) in [5, 5.41) is 10.7. The Labute approximate surface area is 125 Å². The summed E-state index contributed by atoms with van der Waals surface area (Å²) >= 11 is 8.09. The predicted molar refractivity (Wildman–Crippen MR) is 76.0 cm³/mol. The molecule has 1 aliphatic carbocycles. The van der Waals surface area contributed by atoms with E-state index in [1.165, 1.54) is 16.2 Å². The summed E-state index contributed by atoms with van der Waals surface area (Å²) in [7, 11) is 0. The van der Waals surface area contributed by atoms with Gasteiger partial charge in [-0.3, -0.25) is 9.59 Å². The molecule has 2 rings (SSSR count). The minimum absolute atomic E-state index is 0.0687. The highest BCUT2D eigenvalue weighted by Crippen LogP contribution is 2.35. The van der Waals surface area contributed by atoms with Crippen LogP contribution in [-0.4, -0.2) is 34.5 Å². The molecule has 18 heavy (non-hydrogen) atoms. The third kappa shape index (κ3) is 2.78. The molecule has 1 aromatic heterocycles. The number of halogens is 2. The fraction of sp³-hybridized carbons (Fsp3) is 0.455. The molecular formula is C11H11Br2NO3S. The number of nitrogens with zero attached hydrogens (tertiary/aromatic N) is 1. The third-order valence-electron chi connectivity index (χ3n) is 3.00. The van der Waals surface area contributed by atoms with E-state index in [1.54, 1.807) is 5.38 Å². The lowest BCUT2D eigenvalue weighted by Gasteiger charge is -2.36. The average Bonchev–Trinajstić information content (AvgIpc) is 2.55. The second-order valence-electron chi connectivity index (χ2n) is 4.15. The number of carbonyl (C=O) groups is 2. The first-order chi connectivity index (χ1) is 8.50. The van der Waals surface area contributed by atoms with E-state index in [4.69, 9.17) is 5.11 Å². The second kappa shape index (κ2) is 5.71. The van der Waals surface area contributed by atoms with Crippen LogP contribution in [0.3, 0.4) is 0 Å². The summed E-state index contributed by atoms with van der Waals surface area (Å²) < 4.78 is 1.54. The van der Waals surface area contributed by atoms with Crippen molar-refractivity contribution in [2.75, 3.05) is 6.54 Å². The van der Waals surface area contributed by atoms with Crippen LogP contribution in [0.1, 0.15) is 29.6 Å². The van der Waals surface area contributed by atoms with Gasteiger partial charge in [-0.25, -0.2) is 0 Å². The summed E-state index contributed by atoms with van der Waals surface area (Å²) in [6.45, 7) is -0.233. The molecule has 1 aliphatic rings. The number of thiophene rings is 1. The number of rotatable bonds is 4. The van der Waals surface area contributed by atoms with Crippen LogP contribution < -0.4 is 0 Å². The van der Waals surface area contributed by atoms with Gasteiger partial charge in [0.05, 0.1) is 13.8 Å². The zero-order valence-electron chi connectivity index (χ0n) is 9.36. The van der Waals surface area contributed by atoms with Gasteiger partial charge in [0.1, 0.15) is 6.54 Å². The summed E-state index contributed by atoms with van der Waals surface area (Å²) in [6, 6.07) is 0.0687. The van der Waals surface area contributed by atoms with Crippen molar-refractivity contribution >= 4 is 55.1 Å². The molecule has 0 atom stereocenters. The van der Waals surface area contributed by atoms with Crippen molar-refractivity contribution in [2.45, 2.75) is 25.3 Å². The lowest BCUT2D eigenvalue weighted by atomic mass is 9.91. The maximum absolute atomic E-state index is 12.4. The van der Waals surface area contributed by atoms with Crippen LogP contribution in [0, 0.1) is 0 Å². The molecule has 0 spiro atoms. The van der Waals surface area contributed by atoms with E-state index in [0.717, 1.165) is 23.0 Å². The van der Waals surface area contributed by atoms with Crippen molar-refractivity contribution in [3.05, 3.63) is 19.2 Å². The molecule has 0 aliphatic heterocycles. The van der Waals surface area contributed by atoms with Gasteiger partial charge in [0.25, 0.3) is 5.91 Å². The van der Waals surface area contributed by atoms with Crippen LogP contribution in [0.15, 0.2) is 13.6 Å². The Kier molecular flexibility index (Phi) is 4.45. The van der Waals surface area contributed by atoms with Gasteiger partial charge >= 0.3 is 5.97 Å². The number of aliphatic carboxylic acids is 1. The van der Waals surface area contributed by atoms with E-state index in [9.17, 15) is 9.59 Å². The zero-order valence-corrected chi connectivity index (χ0v) is 13.3. The Morgan fingerprint density at radius 1 is 1.44 bits per heavy atom. The Balaban J connectivity index is 2.22. The summed E-state index contributed by atoms with van der Waals surface area (Å²) in [5.41, 5.74) is 0.528. The SMILES string of the molecule is O=C(O)CN(C(=O)c1csc(Br)c1Br)C1CCC1. The van der Waals surface area contributed by atoms with Crippen molar-refractivity contribution in [1.29, 1.82) is 0 Å². The summed E-state index contributed by atoms with van der Waals surface area (Å²) in [5.74, 6) is -1.18. The minimum atomic E-state index is -0.972. The van der Waals surface area contributed by atoms with Gasteiger partial charge in [-0.1, -0.05) is 0 Å². The molecule has 1 aromatic rings. The normalized spacial score (nSPS) is 15.2. The van der Waals surface area contributed by atoms with E-state index < -0.39 is 5.97 Å². The molecule has 1 heterocycles. The Bertz CT molecular complexity index is 485. The molecule has 1 saturated carbocycles. The maximum atomic E-state index is 12.4. The number of carboxylic acid groups (broad SMARTS) is 1. The molecule has 4 nitrogen and oxygen atoms in total. The number of hydrogen-bond donors (Lipinski definition) is 1. The summed E-state index contributed by atoms with van der Waals surface area (Å²) in [6.07, 6.45) is 2.84. The van der Waals surface area contributed by atoms with Crippen LogP contribution in [-0.2, 0) is 4.79 Å². The standard InChI is InChI=1S/C11H11Br2NO3S/c12-9-7(5-18-10(9)13)11(17)14(4-8(15)16)6-2-1-3-6/h5-6H,1-4H2,(H,15,16). The van der Waals surface area contributed by atoms with Crippen LogP contribution in [0.25, 0.3) is 0 Å². The molecule has 0 bridgehead atoms. The number of hydrogen-bond acceptors (Lipinski definition) is 3. The predicted octanol–water partition coefficient (Wildman–Crippen LogP) is 3.35. The summed E-state index contributed by atoms with van der Waals surface area (Å²) in [4.78, 5) is 24.7. The molecule has 0 radical (unpaired) electrons. The first kappa shape index (κ1) is 14.0. The molecule has 1 N–H and O–H groups in total. The van der Waals surface area contributed by atoms with Crippen molar-refractivity contribution in [1.82, 2.24) is 4.90 Å². The highest BCUT2D eigenvalue weighted by Gasteiger charge is 2.32.